The molecule has 1 aromatic carbocycles. The maximum Gasteiger partial charge on any atom is 0.335 e. The molecule has 35 heavy (non-hydrogen) atoms. The van der Waals surface area contributed by atoms with Gasteiger partial charge in [-0.2, -0.15) is 0 Å². The quantitative estimate of drug-likeness (QED) is 0.338. The Bertz CT molecular complexity index is 1550. The van der Waals surface area contributed by atoms with E-state index in [1.54, 1.807) is 49.1 Å². The smallest absolute Gasteiger partial charge is 0.335 e. The van der Waals surface area contributed by atoms with Gasteiger partial charge in [-0.15, -0.1) is 0 Å². The highest BCUT2D eigenvalue weighted by Crippen LogP contribution is 2.38. The molecule has 4 heterocycles. The first-order valence-electron chi connectivity index (χ1n) is 10.8. The third-order valence-corrected chi connectivity index (χ3v) is 6.08. The van der Waals surface area contributed by atoms with Crippen LogP contribution in [0.15, 0.2) is 59.5 Å². The van der Waals surface area contributed by atoms with Gasteiger partial charge in [0.05, 0.1) is 28.6 Å². The molecule has 0 aliphatic carbocycles. The van der Waals surface area contributed by atoms with Crippen molar-refractivity contribution in [3.63, 3.8) is 0 Å². The molecule has 0 bridgehead atoms. The van der Waals surface area contributed by atoms with Gasteiger partial charge in [-0.3, -0.25) is 4.98 Å². The maximum absolute atomic E-state index is 15.1. The minimum Gasteiger partial charge on any atom is -0.478 e. The monoisotopic (exact) mass is 474 g/mol. The number of carboxylic acids is 1. The summed E-state index contributed by atoms with van der Waals surface area (Å²) in [7, 11) is 0. The molecule has 0 radical (unpaired) electrons. The molecule has 0 amide bonds. The number of fused-ring (bicyclic) bond motifs is 1. The lowest BCUT2D eigenvalue weighted by atomic mass is 9.99. The van der Waals surface area contributed by atoms with Gasteiger partial charge in [0.25, 0.3) is 0 Å². The first-order chi connectivity index (χ1) is 16.8. The first-order valence-corrected chi connectivity index (χ1v) is 10.8. The number of rotatable bonds is 5. The van der Waals surface area contributed by atoms with Gasteiger partial charge in [0.15, 0.2) is 0 Å². The summed E-state index contributed by atoms with van der Waals surface area (Å²) in [5, 5.41) is 13.7. The molecule has 1 N–H and O–H groups in total. The van der Waals surface area contributed by atoms with Crippen LogP contribution in [0, 0.1) is 25.5 Å². The summed E-state index contributed by atoms with van der Waals surface area (Å²) in [6.45, 7) is 5.49. The van der Waals surface area contributed by atoms with E-state index >= 15 is 8.78 Å². The number of pyridine rings is 2. The molecular weight excluding hydrogens is 454 g/mol. The van der Waals surface area contributed by atoms with E-state index in [1.807, 2.05) is 19.1 Å². The predicted molar refractivity (Wildman–Crippen MR) is 125 cm³/mol. The topological polar surface area (TPSA) is 94.0 Å². The Morgan fingerprint density at radius 1 is 1.09 bits per heavy atom. The van der Waals surface area contributed by atoms with E-state index in [1.165, 1.54) is 0 Å². The van der Waals surface area contributed by atoms with Crippen molar-refractivity contribution in [2.45, 2.75) is 26.8 Å². The second kappa shape index (κ2) is 8.43. The van der Waals surface area contributed by atoms with Crippen LogP contribution in [0.1, 0.15) is 40.5 Å². The molecule has 9 heteroatoms. The van der Waals surface area contributed by atoms with E-state index in [4.69, 9.17) is 4.52 Å². The van der Waals surface area contributed by atoms with Crippen molar-refractivity contribution in [1.29, 1.82) is 0 Å². The lowest BCUT2D eigenvalue weighted by molar-refractivity contribution is 0.0695. The van der Waals surface area contributed by atoms with Gasteiger partial charge >= 0.3 is 5.97 Å². The molecule has 5 aromatic rings. The standard InChI is InChI=1S/C26H20F2N4O3/c1-13-23(15(3)35-31-13)17-8-18-19(24-20(27)9-16(26(33)34)10-21(24)28)12-32(25(18)30-11-17)14(2)22-6-4-5-7-29-22/h4-12,14H,1-3H3,(H,33,34). The Morgan fingerprint density at radius 2 is 1.83 bits per heavy atom. The number of carboxylic acid groups (broad SMARTS) is 1. The van der Waals surface area contributed by atoms with Crippen molar-refractivity contribution >= 4 is 17.0 Å². The summed E-state index contributed by atoms with van der Waals surface area (Å²) < 4.78 is 37.4. The highest BCUT2D eigenvalue weighted by atomic mass is 19.1. The second-order valence-electron chi connectivity index (χ2n) is 8.29. The molecular formula is C26H20F2N4O3. The van der Waals surface area contributed by atoms with Gasteiger partial charge in [0.1, 0.15) is 23.0 Å². The molecule has 4 aromatic heterocycles. The molecule has 176 valence electrons. The van der Waals surface area contributed by atoms with Crippen LogP contribution >= 0.6 is 0 Å². The van der Waals surface area contributed by atoms with Crippen LogP contribution in [0.3, 0.4) is 0 Å². The van der Waals surface area contributed by atoms with E-state index in [2.05, 4.69) is 15.1 Å². The van der Waals surface area contributed by atoms with Crippen molar-refractivity contribution in [2.75, 3.05) is 0 Å². The second-order valence-corrected chi connectivity index (χ2v) is 8.29. The van der Waals surface area contributed by atoms with Gasteiger partial charge in [-0.1, -0.05) is 11.2 Å². The Balaban J connectivity index is 1.79. The predicted octanol–water partition coefficient (Wildman–Crippen LogP) is 5.96. The summed E-state index contributed by atoms with van der Waals surface area (Å²) >= 11 is 0. The van der Waals surface area contributed by atoms with Crippen LogP contribution in [0.4, 0.5) is 8.78 Å². The summed E-state index contributed by atoms with van der Waals surface area (Å²) in [5.41, 5.74) is 2.78. The third kappa shape index (κ3) is 3.74. The SMILES string of the molecule is Cc1noc(C)c1-c1cnc2c(c1)c(-c1c(F)cc(C(=O)O)cc1F)cn2C(C)c1ccccn1. The van der Waals surface area contributed by atoms with Crippen LogP contribution in [-0.4, -0.2) is 30.8 Å². The van der Waals surface area contributed by atoms with Crippen molar-refractivity contribution in [1.82, 2.24) is 19.7 Å². The van der Waals surface area contributed by atoms with E-state index < -0.39 is 23.2 Å². The Labute approximate surface area is 198 Å². The number of halogens is 2. The van der Waals surface area contributed by atoms with Crippen LogP contribution < -0.4 is 0 Å². The lowest BCUT2D eigenvalue weighted by Crippen LogP contribution is -2.07. The molecule has 0 spiro atoms. The number of carbonyl (C=O) groups is 1. The van der Waals surface area contributed by atoms with E-state index in [-0.39, 0.29) is 17.2 Å². The number of hydrogen-bond acceptors (Lipinski definition) is 5. The van der Waals surface area contributed by atoms with Gasteiger partial charge in [-0.25, -0.2) is 18.6 Å². The minimum absolute atomic E-state index is 0.246. The minimum atomic E-state index is -1.41. The van der Waals surface area contributed by atoms with Crippen molar-refractivity contribution in [2.24, 2.45) is 0 Å². The van der Waals surface area contributed by atoms with Crippen molar-refractivity contribution in [3.8, 4) is 22.3 Å². The zero-order chi connectivity index (χ0) is 24.9. The Morgan fingerprint density at radius 3 is 2.43 bits per heavy atom. The van der Waals surface area contributed by atoms with Gasteiger partial charge < -0.3 is 14.2 Å². The molecule has 0 aliphatic heterocycles. The molecule has 1 atom stereocenters. The van der Waals surface area contributed by atoms with Crippen LogP contribution in [0.25, 0.3) is 33.3 Å². The fraction of sp³-hybridized carbons (Fsp3) is 0.154. The zero-order valence-corrected chi connectivity index (χ0v) is 19.1. The largest absolute Gasteiger partial charge is 0.478 e. The molecule has 7 nitrogen and oxygen atoms in total. The lowest BCUT2D eigenvalue weighted by Gasteiger charge is -2.14. The highest BCUT2D eigenvalue weighted by molar-refractivity contribution is 5.98. The molecule has 0 fully saturated rings. The van der Waals surface area contributed by atoms with Crippen LogP contribution in [-0.2, 0) is 0 Å². The average molecular weight is 474 g/mol. The highest BCUT2D eigenvalue weighted by Gasteiger charge is 2.24. The van der Waals surface area contributed by atoms with E-state index in [9.17, 15) is 9.90 Å². The Kier molecular flexibility index (Phi) is 5.39. The van der Waals surface area contributed by atoms with Crippen LogP contribution in [0.2, 0.25) is 0 Å². The van der Waals surface area contributed by atoms with Crippen molar-refractivity contribution < 1.29 is 23.2 Å². The zero-order valence-electron chi connectivity index (χ0n) is 19.1. The van der Waals surface area contributed by atoms with Gasteiger partial charge in [0, 0.05) is 40.7 Å². The number of hydrogen-bond donors (Lipinski definition) is 1. The number of nitrogens with zero attached hydrogens (tertiary/aromatic N) is 4. The molecule has 0 saturated carbocycles. The molecule has 1 unspecified atom stereocenters. The van der Waals surface area contributed by atoms with E-state index in [0.717, 1.165) is 23.4 Å². The van der Waals surface area contributed by atoms with Gasteiger partial charge in [0.2, 0.25) is 0 Å². The fourth-order valence-electron chi connectivity index (χ4n) is 4.38. The van der Waals surface area contributed by atoms with E-state index in [0.29, 0.717) is 28.1 Å². The van der Waals surface area contributed by atoms with Crippen LogP contribution in [0.5, 0.6) is 0 Å². The summed E-state index contributed by atoms with van der Waals surface area (Å²) in [4.78, 5) is 20.3. The number of aromatic nitrogens is 4. The molecule has 5 rings (SSSR count). The summed E-state index contributed by atoms with van der Waals surface area (Å²) in [5.74, 6) is -2.78. The maximum atomic E-state index is 15.1. The average Bonchev–Trinajstić information content (AvgIpc) is 3.37. The number of aromatic carboxylic acids is 1. The Hall–Kier alpha value is -4.40. The van der Waals surface area contributed by atoms with Crippen molar-refractivity contribution in [3.05, 3.63) is 89.3 Å². The summed E-state index contributed by atoms with van der Waals surface area (Å²) in [6, 6.07) is 8.65. The molecule has 0 aliphatic rings. The number of benzene rings is 1. The molecule has 0 saturated heterocycles. The summed E-state index contributed by atoms with van der Waals surface area (Å²) in [6.07, 6.45) is 4.96. The van der Waals surface area contributed by atoms with Gasteiger partial charge in [-0.05, 0) is 51.1 Å². The fourth-order valence-corrected chi connectivity index (χ4v) is 4.38. The normalized spacial score (nSPS) is 12.3. The first kappa shape index (κ1) is 22.4. The third-order valence-electron chi connectivity index (χ3n) is 6.08. The number of aryl methyl sites for hydroxylation is 2.